The van der Waals surface area contributed by atoms with Crippen LogP contribution < -0.4 is 5.32 Å². The Kier molecular flexibility index (Phi) is 5.17. The molecule has 1 N–H and O–H groups in total. The monoisotopic (exact) mass is 346 g/mol. The minimum absolute atomic E-state index is 0.179. The predicted octanol–water partition coefficient (Wildman–Crippen LogP) is 4.78. The van der Waals surface area contributed by atoms with Crippen LogP contribution in [0.3, 0.4) is 0 Å². The molecule has 0 aliphatic heterocycles. The van der Waals surface area contributed by atoms with Crippen molar-refractivity contribution >= 4 is 15.9 Å². The summed E-state index contributed by atoms with van der Waals surface area (Å²) in [6, 6.07) is 4.60. The zero-order valence-electron chi connectivity index (χ0n) is 13.4. The standard InChI is InChI=1S/C18H23BrN2/c1-6-21-18(15-8-16(19)10-20-9-15)17-13(4)11(2)7-12(3)14(17)5/h7-10,18,21H,6H2,1-5H3. The average molecular weight is 347 g/mol. The van der Waals surface area contributed by atoms with Crippen LogP contribution in [0.15, 0.2) is 29.0 Å². The fourth-order valence-corrected chi connectivity index (χ4v) is 3.24. The molecule has 0 spiro atoms. The highest BCUT2D eigenvalue weighted by atomic mass is 79.9. The van der Waals surface area contributed by atoms with Crippen LogP contribution in [0.1, 0.15) is 46.3 Å². The molecule has 1 heterocycles. The second-order valence-corrected chi connectivity index (χ2v) is 6.52. The molecule has 112 valence electrons. The van der Waals surface area contributed by atoms with Crippen molar-refractivity contribution < 1.29 is 0 Å². The number of halogens is 1. The van der Waals surface area contributed by atoms with Crippen molar-refractivity contribution in [3.05, 3.63) is 62.4 Å². The lowest BCUT2D eigenvalue weighted by Crippen LogP contribution is -2.24. The van der Waals surface area contributed by atoms with Crippen LogP contribution in [-0.2, 0) is 0 Å². The van der Waals surface area contributed by atoms with Crippen molar-refractivity contribution in [3.8, 4) is 0 Å². The van der Waals surface area contributed by atoms with Gasteiger partial charge in [0, 0.05) is 16.9 Å². The topological polar surface area (TPSA) is 24.9 Å². The maximum atomic E-state index is 4.33. The lowest BCUT2D eigenvalue weighted by molar-refractivity contribution is 0.621. The van der Waals surface area contributed by atoms with Crippen molar-refractivity contribution in [2.75, 3.05) is 6.54 Å². The number of nitrogens with zero attached hydrogens (tertiary/aromatic N) is 1. The molecule has 2 rings (SSSR count). The number of aryl methyl sites for hydroxylation is 2. The highest BCUT2D eigenvalue weighted by molar-refractivity contribution is 9.10. The minimum Gasteiger partial charge on any atom is -0.306 e. The molecule has 1 atom stereocenters. The first-order chi connectivity index (χ1) is 9.95. The first kappa shape index (κ1) is 16.2. The van der Waals surface area contributed by atoms with E-state index in [9.17, 15) is 0 Å². The number of pyridine rings is 1. The van der Waals surface area contributed by atoms with Gasteiger partial charge in [-0.2, -0.15) is 0 Å². The number of hydrogen-bond acceptors (Lipinski definition) is 2. The first-order valence-electron chi connectivity index (χ1n) is 7.36. The summed E-state index contributed by atoms with van der Waals surface area (Å²) in [5.41, 5.74) is 8.00. The van der Waals surface area contributed by atoms with Crippen LogP contribution in [0.5, 0.6) is 0 Å². The van der Waals surface area contributed by atoms with Crippen LogP contribution in [0, 0.1) is 27.7 Å². The maximum Gasteiger partial charge on any atom is 0.0597 e. The van der Waals surface area contributed by atoms with Crippen LogP contribution >= 0.6 is 15.9 Å². The first-order valence-corrected chi connectivity index (χ1v) is 8.16. The summed E-state index contributed by atoms with van der Waals surface area (Å²) in [6.07, 6.45) is 3.78. The summed E-state index contributed by atoms with van der Waals surface area (Å²) in [5.74, 6) is 0. The van der Waals surface area contributed by atoms with E-state index in [-0.39, 0.29) is 6.04 Å². The van der Waals surface area contributed by atoms with Gasteiger partial charge in [0.25, 0.3) is 0 Å². The van der Waals surface area contributed by atoms with E-state index in [1.807, 2.05) is 12.4 Å². The lowest BCUT2D eigenvalue weighted by Gasteiger charge is -2.25. The molecule has 0 saturated carbocycles. The average Bonchev–Trinajstić information content (AvgIpc) is 2.44. The Labute approximate surface area is 136 Å². The van der Waals surface area contributed by atoms with Gasteiger partial charge in [-0.05, 0) is 89.6 Å². The van der Waals surface area contributed by atoms with Gasteiger partial charge in [-0.1, -0.05) is 13.0 Å². The Morgan fingerprint density at radius 1 is 1.05 bits per heavy atom. The van der Waals surface area contributed by atoms with E-state index in [1.54, 1.807) is 0 Å². The van der Waals surface area contributed by atoms with Crippen molar-refractivity contribution in [1.82, 2.24) is 10.3 Å². The largest absolute Gasteiger partial charge is 0.306 e. The molecule has 0 radical (unpaired) electrons. The Morgan fingerprint density at radius 2 is 1.67 bits per heavy atom. The molecular weight excluding hydrogens is 324 g/mol. The molecule has 21 heavy (non-hydrogen) atoms. The smallest absolute Gasteiger partial charge is 0.0597 e. The Balaban J connectivity index is 2.64. The van der Waals surface area contributed by atoms with E-state index in [1.165, 1.54) is 33.4 Å². The highest BCUT2D eigenvalue weighted by Crippen LogP contribution is 2.32. The van der Waals surface area contributed by atoms with E-state index in [2.05, 4.69) is 73.0 Å². The van der Waals surface area contributed by atoms with E-state index in [0.717, 1.165) is 11.0 Å². The third-order valence-corrected chi connectivity index (χ3v) is 4.61. The zero-order valence-corrected chi connectivity index (χ0v) is 15.0. The molecule has 3 heteroatoms. The Hall–Kier alpha value is -1.19. The predicted molar refractivity (Wildman–Crippen MR) is 92.8 cm³/mol. The molecule has 0 bridgehead atoms. The maximum absolute atomic E-state index is 4.33. The number of benzene rings is 1. The molecule has 2 aromatic rings. The molecule has 0 amide bonds. The van der Waals surface area contributed by atoms with Crippen LogP contribution in [0.25, 0.3) is 0 Å². The molecule has 2 nitrogen and oxygen atoms in total. The van der Waals surface area contributed by atoms with Gasteiger partial charge in [-0.15, -0.1) is 0 Å². The number of rotatable bonds is 4. The van der Waals surface area contributed by atoms with Gasteiger partial charge >= 0.3 is 0 Å². The summed E-state index contributed by atoms with van der Waals surface area (Å²) in [7, 11) is 0. The number of nitrogens with one attached hydrogen (secondary N) is 1. The summed E-state index contributed by atoms with van der Waals surface area (Å²) < 4.78 is 1.02. The lowest BCUT2D eigenvalue weighted by atomic mass is 9.87. The summed E-state index contributed by atoms with van der Waals surface area (Å²) in [6.45, 7) is 11.9. The van der Waals surface area contributed by atoms with Crippen LogP contribution in [0.4, 0.5) is 0 Å². The van der Waals surface area contributed by atoms with Crippen LogP contribution in [0.2, 0.25) is 0 Å². The van der Waals surface area contributed by atoms with E-state index in [4.69, 9.17) is 0 Å². The Morgan fingerprint density at radius 3 is 2.19 bits per heavy atom. The molecule has 1 aromatic heterocycles. The van der Waals surface area contributed by atoms with Gasteiger partial charge in [0.05, 0.1) is 6.04 Å². The summed E-state index contributed by atoms with van der Waals surface area (Å²) in [5, 5.41) is 3.62. The van der Waals surface area contributed by atoms with Crippen molar-refractivity contribution in [1.29, 1.82) is 0 Å². The van der Waals surface area contributed by atoms with E-state index in [0.29, 0.717) is 0 Å². The van der Waals surface area contributed by atoms with Crippen molar-refractivity contribution in [2.45, 2.75) is 40.7 Å². The number of hydrogen-bond donors (Lipinski definition) is 1. The minimum atomic E-state index is 0.179. The summed E-state index contributed by atoms with van der Waals surface area (Å²) in [4.78, 5) is 4.33. The van der Waals surface area contributed by atoms with Gasteiger partial charge in [0.15, 0.2) is 0 Å². The molecule has 0 fully saturated rings. The van der Waals surface area contributed by atoms with Gasteiger partial charge < -0.3 is 5.32 Å². The van der Waals surface area contributed by atoms with Gasteiger partial charge in [0.2, 0.25) is 0 Å². The second kappa shape index (κ2) is 6.71. The van der Waals surface area contributed by atoms with Crippen LogP contribution in [-0.4, -0.2) is 11.5 Å². The van der Waals surface area contributed by atoms with Crippen molar-refractivity contribution in [3.63, 3.8) is 0 Å². The van der Waals surface area contributed by atoms with E-state index < -0.39 is 0 Å². The molecule has 1 unspecified atom stereocenters. The second-order valence-electron chi connectivity index (χ2n) is 5.60. The van der Waals surface area contributed by atoms with Crippen molar-refractivity contribution in [2.24, 2.45) is 0 Å². The third kappa shape index (κ3) is 3.35. The Bertz CT molecular complexity index is 624. The summed E-state index contributed by atoms with van der Waals surface area (Å²) >= 11 is 3.53. The SMILES string of the molecule is CCNC(c1cncc(Br)c1)c1c(C)c(C)cc(C)c1C. The molecule has 0 saturated heterocycles. The quantitative estimate of drug-likeness (QED) is 0.861. The zero-order chi connectivity index (χ0) is 15.6. The van der Waals surface area contributed by atoms with Gasteiger partial charge in [0.1, 0.15) is 0 Å². The van der Waals surface area contributed by atoms with Gasteiger partial charge in [-0.3, -0.25) is 4.98 Å². The normalized spacial score (nSPS) is 12.5. The molecule has 1 aromatic carbocycles. The highest BCUT2D eigenvalue weighted by Gasteiger charge is 2.20. The number of aromatic nitrogens is 1. The third-order valence-electron chi connectivity index (χ3n) is 4.18. The van der Waals surface area contributed by atoms with E-state index >= 15 is 0 Å². The van der Waals surface area contributed by atoms with Gasteiger partial charge in [-0.25, -0.2) is 0 Å². The molecule has 0 aliphatic carbocycles. The fourth-order valence-electron chi connectivity index (χ4n) is 2.86. The fraction of sp³-hybridized carbons (Fsp3) is 0.389. The molecular formula is C18H23BrN2. The molecule has 0 aliphatic rings.